The van der Waals surface area contributed by atoms with Gasteiger partial charge in [-0.15, -0.1) is 0 Å². The van der Waals surface area contributed by atoms with Gasteiger partial charge in [-0.3, -0.25) is 9.69 Å². The first-order valence-electron chi connectivity index (χ1n) is 8.20. The minimum Gasteiger partial charge on any atom is -0.378 e. The molecule has 1 fully saturated rings. The SMILES string of the molecule is O=C1CC(N2CCOCC2)=Nc2ccccc2N1c1ccccc1. The lowest BCUT2D eigenvalue weighted by molar-refractivity contribution is -0.116. The van der Waals surface area contributed by atoms with Crippen molar-refractivity contribution in [2.24, 2.45) is 4.99 Å². The van der Waals surface area contributed by atoms with Crippen molar-refractivity contribution in [1.29, 1.82) is 0 Å². The first kappa shape index (κ1) is 14.9. The summed E-state index contributed by atoms with van der Waals surface area (Å²) in [6, 6.07) is 17.6. The van der Waals surface area contributed by atoms with E-state index < -0.39 is 0 Å². The highest BCUT2D eigenvalue weighted by Gasteiger charge is 2.28. The highest BCUT2D eigenvalue weighted by Crippen LogP contribution is 2.37. The van der Waals surface area contributed by atoms with Crippen LogP contribution in [0.3, 0.4) is 0 Å². The highest BCUT2D eigenvalue weighted by atomic mass is 16.5. The largest absolute Gasteiger partial charge is 0.378 e. The summed E-state index contributed by atoms with van der Waals surface area (Å²) in [5.74, 6) is 0.866. The molecular formula is C19H19N3O2. The summed E-state index contributed by atoms with van der Waals surface area (Å²) in [4.78, 5) is 21.8. The quantitative estimate of drug-likeness (QED) is 0.811. The number of morpholine rings is 1. The lowest BCUT2D eigenvalue weighted by atomic mass is 10.2. The monoisotopic (exact) mass is 321 g/mol. The van der Waals surface area contributed by atoms with E-state index in [1.54, 1.807) is 4.90 Å². The highest BCUT2D eigenvalue weighted by molar-refractivity contribution is 6.14. The van der Waals surface area contributed by atoms with Crippen molar-refractivity contribution < 1.29 is 9.53 Å². The van der Waals surface area contributed by atoms with Crippen molar-refractivity contribution in [1.82, 2.24) is 4.90 Å². The van der Waals surface area contributed by atoms with E-state index in [1.807, 2.05) is 54.6 Å². The number of ether oxygens (including phenoxy) is 1. The van der Waals surface area contributed by atoms with Gasteiger partial charge in [0.15, 0.2) is 0 Å². The molecule has 2 aromatic carbocycles. The molecule has 0 spiro atoms. The fourth-order valence-electron chi connectivity index (χ4n) is 3.14. The molecule has 0 unspecified atom stereocenters. The third kappa shape index (κ3) is 2.78. The normalized spacial score (nSPS) is 18.0. The molecule has 24 heavy (non-hydrogen) atoms. The Morgan fingerprint density at radius 3 is 2.42 bits per heavy atom. The summed E-state index contributed by atoms with van der Waals surface area (Å²) in [6.45, 7) is 2.91. The average Bonchev–Trinajstić information content (AvgIpc) is 2.79. The van der Waals surface area contributed by atoms with E-state index in [9.17, 15) is 4.79 Å². The molecule has 1 amide bonds. The molecule has 0 bridgehead atoms. The summed E-state index contributed by atoms with van der Waals surface area (Å²) in [7, 11) is 0. The van der Waals surface area contributed by atoms with E-state index in [0.717, 1.165) is 36.0 Å². The number of rotatable bonds is 1. The molecule has 4 rings (SSSR count). The minimum absolute atomic E-state index is 0.0383. The van der Waals surface area contributed by atoms with Crippen LogP contribution in [0.2, 0.25) is 0 Å². The Morgan fingerprint density at radius 1 is 0.917 bits per heavy atom. The third-order valence-electron chi connectivity index (χ3n) is 4.32. The maximum absolute atomic E-state index is 13.0. The molecule has 0 radical (unpaired) electrons. The molecule has 0 N–H and O–H groups in total. The van der Waals surface area contributed by atoms with Gasteiger partial charge in [-0.2, -0.15) is 0 Å². The van der Waals surface area contributed by atoms with Gasteiger partial charge in [-0.1, -0.05) is 30.3 Å². The Hall–Kier alpha value is -2.66. The number of nitrogens with zero attached hydrogens (tertiary/aromatic N) is 3. The predicted octanol–water partition coefficient (Wildman–Crippen LogP) is 3.12. The number of hydrogen-bond acceptors (Lipinski definition) is 4. The number of carbonyl (C=O) groups excluding carboxylic acids is 1. The zero-order valence-corrected chi connectivity index (χ0v) is 13.4. The minimum atomic E-state index is 0.0383. The fraction of sp³-hybridized carbons (Fsp3) is 0.263. The first-order chi connectivity index (χ1) is 11.8. The second kappa shape index (κ2) is 6.45. The fourth-order valence-corrected chi connectivity index (χ4v) is 3.14. The summed E-state index contributed by atoms with van der Waals surface area (Å²) < 4.78 is 5.42. The number of benzene rings is 2. The van der Waals surface area contributed by atoms with Crippen LogP contribution in [0.15, 0.2) is 59.6 Å². The molecule has 0 aromatic heterocycles. The Kier molecular flexibility index (Phi) is 4.01. The van der Waals surface area contributed by atoms with Crippen molar-refractivity contribution in [2.75, 3.05) is 31.2 Å². The van der Waals surface area contributed by atoms with E-state index in [1.165, 1.54) is 0 Å². The zero-order valence-electron chi connectivity index (χ0n) is 13.4. The molecule has 2 aliphatic rings. The number of aliphatic imine (C=N–C) groups is 1. The summed E-state index contributed by atoms with van der Waals surface area (Å²) in [5.41, 5.74) is 2.53. The Labute approximate surface area is 141 Å². The molecule has 2 aromatic rings. The van der Waals surface area contributed by atoms with Crippen LogP contribution in [0.1, 0.15) is 6.42 Å². The van der Waals surface area contributed by atoms with Crippen LogP contribution in [0, 0.1) is 0 Å². The Morgan fingerprint density at radius 2 is 1.62 bits per heavy atom. The maximum atomic E-state index is 13.0. The average molecular weight is 321 g/mol. The molecule has 0 atom stereocenters. The summed E-state index contributed by atoms with van der Waals surface area (Å²) in [6.07, 6.45) is 0.295. The molecule has 0 aliphatic carbocycles. The van der Waals surface area contributed by atoms with Crippen molar-refractivity contribution in [3.8, 4) is 0 Å². The molecular weight excluding hydrogens is 302 g/mol. The Balaban J connectivity index is 1.77. The van der Waals surface area contributed by atoms with Crippen LogP contribution in [0.5, 0.6) is 0 Å². The van der Waals surface area contributed by atoms with Crippen LogP contribution in [-0.4, -0.2) is 42.9 Å². The number of amides is 1. The first-order valence-corrected chi connectivity index (χ1v) is 8.20. The predicted molar refractivity (Wildman–Crippen MR) is 94.1 cm³/mol. The Bertz CT molecular complexity index is 767. The molecule has 1 saturated heterocycles. The number of anilines is 2. The van der Waals surface area contributed by atoms with Crippen LogP contribution in [-0.2, 0) is 9.53 Å². The summed E-state index contributed by atoms with van der Waals surface area (Å²) in [5, 5.41) is 0. The second-order valence-electron chi connectivity index (χ2n) is 5.86. The van der Waals surface area contributed by atoms with Gasteiger partial charge in [-0.25, -0.2) is 4.99 Å². The molecule has 5 nitrogen and oxygen atoms in total. The topological polar surface area (TPSA) is 45.1 Å². The van der Waals surface area contributed by atoms with E-state index in [4.69, 9.17) is 9.73 Å². The third-order valence-corrected chi connectivity index (χ3v) is 4.32. The molecule has 2 heterocycles. The molecule has 5 heteroatoms. The standard InChI is InChI=1S/C19H19N3O2/c23-19-14-18(21-10-12-24-13-11-21)20-16-8-4-5-9-17(16)22(19)15-6-2-1-3-7-15/h1-9H,10-14H2. The van der Waals surface area contributed by atoms with E-state index in [2.05, 4.69) is 4.90 Å². The van der Waals surface area contributed by atoms with Gasteiger partial charge >= 0.3 is 0 Å². The van der Waals surface area contributed by atoms with Gasteiger partial charge in [-0.05, 0) is 24.3 Å². The number of fused-ring (bicyclic) bond motifs is 1. The van der Waals surface area contributed by atoms with E-state index in [0.29, 0.717) is 19.6 Å². The molecule has 122 valence electrons. The smallest absolute Gasteiger partial charge is 0.239 e. The van der Waals surface area contributed by atoms with Crippen molar-refractivity contribution >= 4 is 28.8 Å². The maximum Gasteiger partial charge on any atom is 0.239 e. The van der Waals surface area contributed by atoms with Crippen molar-refractivity contribution in [3.63, 3.8) is 0 Å². The number of carbonyl (C=O) groups is 1. The van der Waals surface area contributed by atoms with E-state index in [-0.39, 0.29) is 5.91 Å². The van der Waals surface area contributed by atoms with Gasteiger partial charge in [0.05, 0.1) is 31.0 Å². The lowest BCUT2D eigenvalue weighted by Gasteiger charge is -2.29. The van der Waals surface area contributed by atoms with Crippen LogP contribution < -0.4 is 4.90 Å². The van der Waals surface area contributed by atoms with Crippen LogP contribution in [0.25, 0.3) is 0 Å². The van der Waals surface area contributed by atoms with Crippen molar-refractivity contribution in [3.05, 3.63) is 54.6 Å². The van der Waals surface area contributed by atoms with Crippen molar-refractivity contribution in [2.45, 2.75) is 6.42 Å². The van der Waals surface area contributed by atoms with Crippen LogP contribution >= 0.6 is 0 Å². The molecule has 0 saturated carbocycles. The van der Waals surface area contributed by atoms with Gasteiger partial charge in [0.1, 0.15) is 5.84 Å². The second-order valence-corrected chi connectivity index (χ2v) is 5.86. The van der Waals surface area contributed by atoms with Gasteiger partial charge in [0.2, 0.25) is 5.91 Å². The van der Waals surface area contributed by atoms with Gasteiger partial charge < -0.3 is 9.64 Å². The van der Waals surface area contributed by atoms with Crippen LogP contribution in [0.4, 0.5) is 17.1 Å². The van der Waals surface area contributed by atoms with Gasteiger partial charge in [0.25, 0.3) is 0 Å². The zero-order chi connectivity index (χ0) is 16.4. The number of hydrogen-bond donors (Lipinski definition) is 0. The number of para-hydroxylation sites is 3. The van der Waals surface area contributed by atoms with Gasteiger partial charge in [0, 0.05) is 18.8 Å². The summed E-state index contributed by atoms with van der Waals surface area (Å²) >= 11 is 0. The van der Waals surface area contributed by atoms with E-state index >= 15 is 0 Å². The molecule has 2 aliphatic heterocycles. The number of amidine groups is 1. The lowest BCUT2D eigenvalue weighted by Crippen LogP contribution is -2.42.